The zero-order valence-electron chi connectivity index (χ0n) is 14.3. The maximum atomic E-state index is 11.6. The van der Waals surface area contributed by atoms with E-state index in [0.717, 1.165) is 18.8 Å². The van der Waals surface area contributed by atoms with Crippen LogP contribution >= 0.6 is 0 Å². The van der Waals surface area contributed by atoms with Crippen LogP contribution in [0.3, 0.4) is 0 Å². The first-order valence-corrected chi connectivity index (χ1v) is 9.37. The fourth-order valence-corrected chi connectivity index (χ4v) is 7.03. The highest BCUT2D eigenvalue weighted by Gasteiger charge is 2.59. The van der Waals surface area contributed by atoms with Crippen LogP contribution in [0.5, 0.6) is 0 Å². The second-order valence-electron chi connectivity index (χ2n) is 9.09. The Hall–Kier alpha value is -1.06. The summed E-state index contributed by atoms with van der Waals surface area (Å²) in [5, 5.41) is 6.88. The lowest BCUT2D eigenvalue weighted by Gasteiger charge is -2.58. The van der Waals surface area contributed by atoms with Crippen LogP contribution < -0.4 is 0 Å². The van der Waals surface area contributed by atoms with Crippen molar-refractivity contribution in [2.45, 2.75) is 77.3 Å². The van der Waals surface area contributed by atoms with Crippen molar-refractivity contribution in [3.8, 4) is 0 Å². The van der Waals surface area contributed by atoms with Crippen molar-refractivity contribution >= 4 is 0 Å². The molecular weight excluding hydrogens is 288 g/mol. The quantitative estimate of drug-likeness (QED) is 0.518. The summed E-state index contributed by atoms with van der Waals surface area (Å²) in [4.78, 5) is 22.7. The van der Waals surface area contributed by atoms with Gasteiger partial charge in [-0.15, -0.1) is 0 Å². The monoisotopic (exact) mass is 316 g/mol. The first-order chi connectivity index (χ1) is 11.0. The topological polar surface area (TPSA) is 58.9 Å². The van der Waals surface area contributed by atoms with Gasteiger partial charge in [0.05, 0.1) is 6.04 Å². The Balaban J connectivity index is 1.74. The molecule has 0 heterocycles. The molecule has 3 fully saturated rings. The fraction of sp³-hybridized carbons (Fsp3) is 0.895. The minimum atomic E-state index is -0.170. The van der Waals surface area contributed by atoms with E-state index in [1.165, 1.54) is 37.7 Å². The smallest absolute Gasteiger partial charge is 0.114 e. The summed E-state index contributed by atoms with van der Waals surface area (Å²) in [5.41, 5.74) is 1.67. The molecule has 0 amide bonds. The predicted octanol–water partition coefficient (Wildman–Crippen LogP) is 5.22. The molecule has 0 aromatic carbocycles. The van der Waals surface area contributed by atoms with E-state index in [0.29, 0.717) is 23.7 Å². The standard InChI is InChI=1S/C19H28N2O2/c1-18-8-3-4-14(18)13-10-17(21-23)16-6-5-12(20-22)11-19(16,2)15(13)7-9-18/h6,12-15,17H,3-5,7-11H2,1-2H3/t12?,13-,14-,15-,17?,18-,19+/m0/s1. The van der Waals surface area contributed by atoms with Crippen molar-refractivity contribution in [3.05, 3.63) is 21.5 Å². The van der Waals surface area contributed by atoms with Crippen LogP contribution in [0.2, 0.25) is 0 Å². The number of nitroso groups, excluding NO2 is 2. The van der Waals surface area contributed by atoms with E-state index in [-0.39, 0.29) is 17.5 Å². The van der Waals surface area contributed by atoms with Crippen LogP contribution in [0.15, 0.2) is 22.0 Å². The number of rotatable bonds is 2. The molecule has 7 atom stereocenters. The van der Waals surface area contributed by atoms with Gasteiger partial charge in [-0.1, -0.05) is 36.7 Å². The molecule has 0 spiro atoms. The third-order valence-electron chi connectivity index (χ3n) is 8.10. The van der Waals surface area contributed by atoms with E-state index >= 15 is 0 Å². The summed E-state index contributed by atoms with van der Waals surface area (Å²) in [6.07, 6.45) is 11.1. The van der Waals surface area contributed by atoms with Gasteiger partial charge in [-0.2, -0.15) is 9.81 Å². The van der Waals surface area contributed by atoms with E-state index in [1.54, 1.807) is 0 Å². The third-order valence-corrected chi connectivity index (χ3v) is 8.10. The van der Waals surface area contributed by atoms with Gasteiger partial charge in [0.25, 0.3) is 0 Å². The van der Waals surface area contributed by atoms with Crippen molar-refractivity contribution in [3.63, 3.8) is 0 Å². The van der Waals surface area contributed by atoms with Crippen LogP contribution in [0, 0.1) is 38.4 Å². The molecule has 0 radical (unpaired) electrons. The molecule has 2 unspecified atom stereocenters. The number of nitrogens with zero attached hydrogens (tertiary/aromatic N) is 2. The number of hydrogen-bond donors (Lipinski definition) is 0. The first kappa shape index (κ1) is 15.5. The van der Waals surface area contributed by atoms with Crippen LogP contribution in [-0.4, -0.2) is 12.1 Å². The van der Waals surface area contributed by atoms with E-state index in [4.69, 9.17) is 0 Å². The molecule has 126 valence electrons. The molecule has 0 aliphatic heterocycles. The van der Waals surface area contributed by atoms with Gasteiger partial charge in [-0.25, -0.2) is 0 Å². The minimum Gasteiger partial charge on any atom is -0.151 e. The van der Waals surface area contributed by atoms with Gasteiger partial charge >= 0.3 is 0 Å². The largest absolute Gasteiger partial charge is 0.151 e. The molecule has 4 aliphatic rings. The second-order valence-corrected chi connectivity index (χ2v) is 9.09. The normalized spacial score (nSPS) is 51.9. The lowest BCUT2D eigenvalue weighted by atomic mass is 9.46. The van der Waals surface area contributed by atoms with Crippen molar-refractivity contribution in [1.29, 1.82) is 0 Å². The SMILES string of the molecule is C[C@@]12CCC[C@H]1[C@@H]1CC(N=O)C3=CCC(N=O)C[C@]3(C)[C@H]1CC2. The van der Waals surface area contributed by atoms with Crippen molar-refractivity contribution in [2.24, 2.45) is 38.9 Å². The molecule has 4 heteroatoms. The van der Waals surface area contributed by atoms with E-state index < -0.39 is 0 Å². The average molecular weight is 316 g/mol. The molecule has 0 aromatic heterocycles. The summed E-state index contributed by atoms with van der Waals surface area (Å²) in [7, 11) is 0. The minimum absolute atomic E-state index is 0.0394. The third kappa shape index (κ3) is 2.09. The summed E-state index contributed by atoms with van der Waals surface area (Å²) in [6.45, 7) is 4.76. The van der Waals surface area contributed by atoms with Crippen LogP contribution in [0.25, 0.3) is 0 Å². The van der Waals surface area contributed by atoms with Crippen LogP contribution in [-0.2, 0) is 0 Å². The first-order valence-electron chi connectivity index (χ1n) is 9.37. The molecule has 3 saturated carbocycles. The van der Waals surface area contributed by atoms with Gasteiger partial charge in [-0.3, -0.25) is 0 Å². The van der Waals surface area contributed by atoms with E-state index in [9.17, 15) is 9.81 Å². The highest BCUT2D eigenvalue weighted by atomic mass is 16.3. The van der Waals surface area contributed by atoms with Gasteiger partial charge < -0.3 is 0 Å². The van der Waals surface area contributed by atoms with E-state index in [2.05, 4.69) is 30.3 Å². The summed E-state index contributed by atoms with van der Waals surface area (Å²) in [5.74, 6) is 1.95. The molecule has 0 aromatic rings. The van der Waals surface area contributed by atoms with Crippen LogP contribution in [0.4, 0.5) is 0 Å². The lowest BCUT2D eigenvalue weighted by molar-refractivity contribution is -0.0420. The summed E-state index contributed by atoms with van der Waals surface area (Å²) >= 11 is 0. The van der Waals surface area contributed by atoms with Crippen molar-refractivity contribution < 1.29 is 0 Å². The van der Waals surface area contributed by atoms with Gasteiger partial charge in [0.15, 0.2) is 0 Å². The van der Waals surface area contributed by atoms with Gasteiger partial charge in [-0.05, 0) is 79.1 Å². The van der Waals surface area contributed by atoms with Gasteiger partial charge in [0.2, 0.25) is 0 Å². The fourth-order valence-electron chi connectivity index (χ4n) is 7.03. The molecule has 4 rings (SSSR count). The second kappa shape index (κ2) is 5.22. The van der Waals surface area contributed by atoms with Crippen LogP contribution in [0.1, 0.15) is 65.2 Å². The Morgan fingerprint density at radius 2 is 1.91 bits per heavy atom. The Morgan fingerprint density at radius 3 is 2.65 bits per heavy atom. The maximum Gasteiger partial charge on any atom is 0.114 e. The molecule has 4 aliphatic carbocycles. The molecule has 4 nitrogen and oxygen atoms in total. The number of hydrogen-bond acceptors (Lipinski definition) is 4. The zero-order chi connectivity index (χ0) is 16.2. The lowest BCUT2D eigenvalue weighted by Crippen LogP contribution is -2.53. The molecule has 0 N–H and O–H groups in total. The average Bonchev–Trinajstić information content (AvgIpc) is 2.94. The van der Waals surface area contributed by atoms with Gasteiger partial charge in [0, 0.05) is 0 Å². The number of fused-ring (bicyclic) bond motifs is 5. The Morgan fingerprint density at radius 1 is 1.09 bits per heavy atom. The Bertz CT molecular complexity index is 560. The maximum absolute atomic E-state index is 11.6. The highest BCUT2D eigenvalue weighted by molar-refractivity contribution is 5.30. The predicted molar refractivity (Wildman–Crippen MR) is 90.9 cm³/mol. The highest BCUT2D eigenvalue weighted by Crippen LogP contribution is 2.65. The van der Waals surface area contributed by atoms with Crippen molar-refractivity contribution in [2.75, 3.05) is 0 Å². The zero-order valence-corrected chi connectivity index (χ0v) is 14.3. The molecular formula is C19H28N2O2. The summed E-state index contributed by atoms with van der Waals surface area (Å²) in [6, 6.07) is -0.288. The molecule has 0 saturated heterocycles. The Labute approximate surface area is 138 Å². The molecule has 0 bridgehead atoms. The Kier molecular flexibility index (Phi) is 3.51. The molecule has 23 heavy (non-hydrogen) atoms. The van der Waals surface area contributed by atoms with Crippen molar-refractivity contribution in [1.82, 2.24) is 0 Å². The summed E-state index contributed by atoms with van der Waals surface area (Å²) < 4.78 is 0. The van der Waals surface area contributed by atoms with E-state index in [1.807, 2.05) is 0 Å². The van der Waals surface area contributed by atoms with Gasteiger partial charge in [0.1, 0.15) is 6.04 Å².